The quantitative estimate of drug-likeness (QED) is 0.354. The first-order chi connectivity index (χ1) is 19.1. The van der Waals surface area contributed by atoms with Gasteiger partial charge in [0.1, 0.15) is 5.75 Å². The average molecular weight is 523 g/mol. The molecule has 6 rings (SSSR count). The number of methoxy groups -OCH3 is 1. The van der Waals surface area contributed by atoms with Crippen LogP contribution in [0.15, 0.2) is 72.9 Å². The normalized spacial score (nSPS) is 18.2. The van der Waals surface area contributed by atoms with Gasteiger partial charge in [0.15, 0.2) is 6.29 Å². The predicted molar refractivity (Wildman–Crippen MR) is 153 cm³/mol. The number of benzene rings is 3. The minimum absolute atomic E-state index is 0.00767. The molecule has 1 amide bonds. The summed E-state index contributed by atoms with van der Waals surface area (Å²) in [6, 6.07) is 21.9. The van der Waals surface area contributed by atoms with Crippen LogP contribution in [0, 0.1) is 0 Å². The van der Waals surface area contributed by atoms with Crippen LogP contribution in [0.5, 0.6) is 5.75 Å². The summed E-state index contributed by atoms with van der Waals surface area (Å²) in [5, 5.41) is 0.855. The average Bonchev–Trinajstić information content (AvgIpc) is 3.36. The van der Waals surface area contributed by atoms with Crippen LogP contribution >= 0.6 is 0 Å². The first-order valence-corrected chi connectivity index (χ1v) is 13.6. The van der Waals surface area contributed by atoms with E-state index >= 15 is 0 Å². The molecule has 1 aromatic heterocycles. The molecule has 1 saturated heterocycles. The molecule has 0 aliphatic carbocycles. The van der Waals surface area contributed by atoms with Gasteiger partial charge in [0, 0.05) is 68.5 Å². The Morgan fingerprint density at radius 1 is 0.974 bits per heavy atom. The van der Waals surface area contributed by atoms with Crippen molar-refractivity contribution in [3.8, 4) is 11.4 Å². The van der Waals surface area contributed by atoms with Gasteiger partial charge in [-0.1, -0.05) is 42.5 Å². The van der Waals surface area contributed by atoms with Crippen LogP contribution in [0.4, 0.5) is 0 Å². The third-order valence-corrected chi connectivity index (χ3v) is 8.25. The highest BCUT2D eigenvalue weighted by Gasteiger charge is 2.33. The number of fused-ring (bicyclic) bond motifs is 2. The molecule has 3 aromatic carbocycles. The Hall–Kier alpha value is -3.94. The third kappa shape index (κ3) is 4.84. The summed E-state index contributed by atoms with van der Waals surface area (Å²) >= 11 is 0. The molecule has 200 valence electrons. The van der Waals surface area contributed by atoms with Crippen molar-refractivity contribution in [2.75, 3.05) is 46.9 Å². The summed E-state index contributed by atoms with van der Waals surface area (Å²) in [5.41, 5.74) is 5.29. The minimum Gasteiger partial charge on any atom is -0.497 e. The van der Waals surface area contributed by atoms with E-state index in [9.17, 15) is 9.59 Å². The number of carbonyl (C=O) groups is 2. The lowest BCUT2D eigenvalue weighted by molar-refractivity contribution is 0.0536. The first-order valence-electron chi connectivity index (χ1n) is 13.6. The smallest absolute Gasteiger partial charge is 0.256 e. The van der Waals surface area contributed by atoms with Crippen molar-refractivity contribution in [2.24, 2.45) is 0 Å². The van der Waals surface area contributed by atoms with Gasteiger partial charge in [0.05, 0.1) is 23.9 Å². The van der Waals surface area contributed by atoms with Crippen LogP contribution in [0.2, 0.25) is 0 Å². The molecule has 0 radical (unpaired) electrons. The van der Waals surface area contributed by atoms with E-state index in [4.69, 9.17) is 4.74 Å². The fourth-order valence-corrected chi connectivity index (χ4v) is 5.99. The van der Waals surface area contributed by atoms with Gasteiger partial charge in [0.25, 0.3) is 5.91 Å². The van der Waals surface area contributed by atoms with Gasteiger partial charge < -0.3 is 19.1 Å². The maximum Gasteiger partial charge on any atom is 0.256 e. The SMILES string of the molecule is COc1ccc(C(=O)N2Cc3ccccc3C[C@H]2CN2CCN(C)CC2)c(-n2cc(C=O)c3ccccc32)c1. The largest absolute Gasteiger partial charge is 0.497 e. The van der Waals surface area contributed by atoms with Gasteiger partial charge in [0.2, 0.25) is 0 Å². The number of para-hydroxylation sites is 1. The van der Waals surface area contributed by atoms with Gasteiger partial charge in [-0.3, -0.25) is 14.5 Å². The Kier molecular flexibility index (Phi) is 6.94. The molecular weight excluding hydrogens is 488 g/mol. The maximum atomic E-state index is 14.5. The van der Waals surface area contributed by atoms with Crippen molar-refractivity contribution in [1.82, 2.24) is 19.3 Å². The summed E-state index contributed by atoms with van der Waals surface area (Å²) in [6.07, 6.45) is 3.52. The number of likely N-dealkylation sites (N-methyl/N-ethyl adjacent to an activating group) is 1. The lowest BCUT2D eigenvalue weighted by atomic mass is 9.92. The lowest BCUT2D eigenvalue weighted by Gasteiger charge is -2.41. The molecule has 7 nitrogen and oxygen atoms in total. The molecule has 39 heavy (non-hydrogen) atoms. The Balaban J connectivity index is 1.42. The summed E-state index contributed by atoms with van der Waals surface area (Å²) in [6.45, 7) is 5.52. The number of piperazine rings is 1. The van der Waals surface area contributed by atoms with E-state index in [1.807, 2.05) is 59.3 Å². The number of carbonyl (C=O) groups excluding carboxylic acids is 2. The van der Waals surface area contributed by atoms with Crippen LogP contribution in [0.1, 0.15) is 31.8 Å². The number of ether oxygens (including phenoxy) is 1. The standard InChI is InChI=1S/C32H34N4O3/c1-33-13-15-34(16-14-33)21-26-17-23-7-3-4-8-24(23)19-35(26)32(38)29-12-11-27(39-2)18-31(29)36-20-25(22-37)28-9-5-6-10-30(28)36/h3-12,18,20,22,26H,13-17,19,21H2,1-2H3/t26-/m0/s1. The second kappa shape index (κ2) is 10.7. The zero-order chi connectivity index (χ0) is 26.9. The van der Waals surface area contributed by atoms with E-state index < -0.39 is 0 Å². The van der Waals surface area contributed by atoms with Gasteiger partial charge in [-0.05, 0) is 42.8 Å². The summed E-state index contributed by atoms with van der Waals surface area (Å²) in [7, 11) is 3.79. The third-order valence-electron chi connectivity index (χ3n) is 8.25. The molecule has 0 spiro atoms. The second-order valence-corrected chi connectivity index (χ2v) is 10.6. The number of aromatic nitrogens is 1. The Morgan fingerprint density at radius 3 is 2.49 bits per heavy atom. The number of hydrogen-bond acceptors (Lipinski definition) is 5. The molecule has 7 heteroatoms. The minimum atomic E-state index is -0.00767. The summed E-state index contributed by atoms with van der Waals surface area (Å²) < 4.78 is 7.51. The fourth-order valence-electron chi connectivity index (χ4n) is 5.99. The van der Waals surface area contributed by atoms with E-state index in [0.29, 0.717) is 29.1 Å². The van der Waals surface area contributed by atoms with Gasteiger partial charge in [-0.2, -0.15) is 0 Å². The first kappa shape index (κ1) is 25.3. The maximum absolute atomic E-state index is 14.5. The van der Waals surface area contributed by atoms with Crippen LogP contribution in [0.25, 0.3) is 16.6 Å². The highest BCUT2D eigenvalue weighted by molar-refractivity contribution is 6.02. The number of amides is 1. The summed E-state index contributed by atoms with van der Waals surface area (Å²) in [4.78, 5) is 33.3. The van der Waals surface area contributed by atoms with Crippen LogP contribution in [-0.4, -0.2) is 84.4 Å². The molecule has 1 fully saturated rings. The van der Waals surface area contributed by atoms with Crippen molar-refractivity contribution in [1.29, 1.82) is 0 Å². The van der Waals surface area contributed by atoms with Crippen molar-refractivity contribution in [3.63, 3.8) is 0 Å². The highest BCUT2D eigenvalue weighted by atomic mass is 16.5. The predicted octanol–water partition coefficient (Wildman–Crippen LogP) is 4.27. The molecular formula is C32H34N4O3. The molecule has 0 saturated carbocycles. The van der Waals surface area contributed by atoms with Crippen LogP contribution < -0.4 is 4.74 Å². The topological polar surface area (TPSA) is 58.0 Å². The summed E-state index contributed by atoms with van der Waals surface area (Å²) in [5.74, 6) is 0.650. The van der Waals surface area contributed by atoms with Crippen LogP contribution in [-0.2, 0) is 13.0 Å². The fraction of sp³-hybridized carbons (Fsp3) is 0.312. The van der Waals surface area contributed by atoms with Crippen molar-refractivity contribution in [3.05, 3.63) is 95.2 Å². The monoisotopic (exact) mass is 522 g/mol. The number of rotatable bonds is 6. The van der Waals surface area contributed by atoms with E-state index in [2.05, 4.69) is 39.9 Å². The molecule has 3 heterocycles. The van der Waals surface area contributed by atoms with E-state index in [1.165, 1.54) is 11.1 Å². The van der Waals surface area contributed by atoms with Gasteiger partial charge in [-0.25, -0.2) is 0 Å². The van der Waals surface area contributed by atoms with Crippen LogP contribution in [0.3, 0.4) is 0 Å². The second-order valence-electron chi connectivity index (χ2n) is 10.6. The lowest BCUT2D eigenvalue weighted by Crippen LogP contribution is -2.53. The number of hydrogen-bond donors (Lipinski definition) is 0. The van der Waals surface area contributed by atoms with E-state index in [-0.39, 0.29) is 11.9 Å². The molecule has 1 atom stereocenters. The van der Waals surface area contributed by atoms with Crippen molar-refractivity contribution >= 4 is 23.1 Å². The molecule has 0 bridgehead atoms. The van der Waals surface area contributed by atoms with Crippen molar-refractivity contribution in [2.45, 2.75) is 19.0 Å². The molecule has 4 aromatic rings. The van der Waals surface area contributed by atoms with E-state index in [1.54, 1.807) is 7.11 Å². The molecule has 2 aliphatic heterocycles. The van der Waals surface area contributed by atoms with Gasteiger partial charge >= 0.3 is 0 Å². The van der Waals surface area contributed by atoms with E-state index in [0.717, 1.165) is 56.3 Å². The number of nitrogens with zero attached hydrogens (tertiary/aromatic N) is 4. The molecule has 0 N–H and O–H groups in total. The Morgan fingerprint density at radius 2 is 1.72 bits per heavy atom. The molecule has 2 aliphatic rings. The highest BCUT2D eigenvalue weighted by Crippen LogP contribution is 2.32. The number of aldehydes is 1. The molecule has 0 unspecified atom stereocenters. The Labute approximate surface area is 229 Å². The van der Waals surface area contributed by atoms with Crippen molar-refractivity contribution < 1.29 is 14.3 Å². The zero-order valence-electron chi connectivity index (χ0n) is 22.5. The Bertz CT molecular complexity index is 1520. The zero-order valence-corrected chi connectivity index (χ0v) is 22.5. The van der Waals surface area contributed by atoms with Gasteiger partial charge in [-0.15, -0.1) is 0 Å².